The molecular formula is C17H26N2O4S. The summed E-state index contributed by atoms with van der Waals surface area (Å²) in [7, 11) is -3.62. The molecule has 0 saturated heterocycles. The van der Waals surface area contributed by atoms with E-state index >= 15 is 0 Å². The van der Waals surface area contributed by atoms with Crippen LogP contribution in [0.15, 0.2) is 17.0 Å². The first kappa shape index (κ1) is 18.9. The molecule has 2 atom stereocenters. The van der Waals surface area contributed by atoms with E-state index in [4.69, 9.17) is 4.74 Å². The minimum Gasteiger partial charge on any atom is -0.376 e. The van der Waals surface area contributed by atoms with E-state index in [1.807, 2.05) is 26.0 Å². The summed E-state index contributed by atoms with van der Waals surface area (Å²) in [5, 5.41) is 2.85. The van der Waals surface area contributed by atoms with Gasteiger partial charge in [0, 0.05) is 19.6 Å². The minimum atomic E-state index is -3.62. The molecule has 24 heavy (non-hydrogen) atoms. The molecular weight excluding hydrogens is 328 g/mol. The summed E-state index contributed by atoms with van der Waals surface area (Å²) >= 11 is 0. The zero-order chi connectivity index (χ0) is 17.9. The van der Waals surface area contributed by atoms with E-state index in [0.29, 0.717) is 22.6 Å². The average Bonchev–Trinajstić information content (AvgIpc) is 3.14. The van der Waals surface area contributed by atoms with Gasteiger partial charge >= 0.3 is 0 Å². The molecule has 0 bridgehead atoms. The molecule has 6 nitrogen and oxygen atoms in total. The summed E-state index contributed by atoms with van der Waals surface area (Å²) in [6, 6.07) is 3.75. The molecule has 1 saturated carbocycles. The number of rotatable bonds is 8. The lowest BCUT2D eigenvalue weighted by molar-refractivity contribution is -0.121. The summed E-state index contributed by atoms with van der Waals surface area (Å²) in [4.78, 5) is 12.1. The van der Waals surface area contributed by atoms with Gasteiger partial charge in [-0.2, -0.15) is 0 Å². The molecule has 1 aromatic rings. The predicted molar refractivity (Wildman–Crippen MR) is 92.4 cm³/mol. The third-order valence-corrected chi connectivity index (χ3v) is 5.74. The van der Waals surface area contributed by atoms with Gasteiger partial charge in [-0.3, -0.25) is 4.79 Å². The Balaban J connectivity index is 1.86. The van der Waals surface area contributed by atoms with Crippen molar-refractivity contribution < 1.29 is 17.9 Å². The normalized spacial score (nSPS) is 20.0. The predicted octanol–water partition coefficient (Wildman–Crippen LogP) is 1.57. The zero-order valence-corrected chi connectivity index (χ0v) is 15.5. The van der Waals surface area contributed by atoms with Gasteiger partial charge in [0.25, 0.3) is 0 Å². The van der Waals surface area contributed by atoms with Crippen molar-refractivity contribution in [2.24, 2.45) is 0 Å². The minimum absolute atomic E-state index is 0.0654. The SMILES string of the molecule is CCO[C@H]1C[C@@H]1NC(=O)CCNS(=O)(=O)c1c(C)cc(C)cc1C. The highest BCUT2D eigenvalue weighted by atomic mass is 32.2. The highest BCUT2D eigenvalue weighted by Gasteiger charge is 2.38. The molecule has 0 unspecified atom stereocenters. The standard InChI is InChI=1S/C17H26N2O4S/c1-5-23-15-10-14(15)19-16(20)6-7-18-24(21,22)17-12(3)8-11(2)9-13(17)4/h8-9,14-15,18H,5-7,10H2,1-4H3,(H,19,20)/t14-,15-/m0/s1. The summed E-state index contributed by atoms with van der Waals surface area (Å²) < 4.78 is 32.9. The van der Waals surface area contributed by atoms with Crippen molar-refractivity contribution in [3.05, 3.63) is 28.8 Å². The highest BCUT2D eigenvalue weighted by molar-refractivity contribution is 7.89. The topological polar surface area (TPSA) is 84.5 Å². The molecule has 1 aliphatic rings. The van der Waals surface area contributed by atoms with Crippen molar-refractivity contribution in [3.63, 3.8) is 0 Å². The number of carbonyl (C=O) groups excluding carboxylic acids is 1. The van der Waals surface area contributed by atoms with Crippen LogP contribution in [0.4, 0.5) is 0 Å². The summed E-state index contributed by atoms with van der Waals surface area (Å²) in [5.41, 5.74) is 2.44. The second kappa shape index (κ2) is 7.63. The van der Waals surface area contributed by atoms with E-state index in [2.05, 4.69) is 10.0 Å². The molecule has 1 aliphatic carbocycles. The van der Waals surface area contributed by atoms with Crippen LogP contribution in [0.3, 0.4) is 0 Å². The second-order valence-corrected chi connectivity index (χ2v) is 7.98. The Morgan fingerprint density at radius 2 is 1.88 bits per heavy atom. The average molecular weight is 354 g/mol. The fraction of sp³-hybridized carbons (Fsp3) is 0.588. The van der Waals surface area contributed by atoms with Crippen LogP contribution in [0.25, 0.3) is 0 Å². The number of aryl methyl sites for hydroxylation is 3. The Labute approximate surface area is 144 Å². The fourth-order valence-corrected chi connectivity index (χ4v) is 4.44. The highest BCUT2D eigenvalue weighted by Crippen LogP contribution is 2.25. The molecule has 0 aliphatic heterocycles. The van der Waals surface area contributed by atoms with Gasteiger partial charge in [0.1, 0.15) is 0 Å². The van der Waals surface area contributed by atoms with Gasteiger partial charge in [0.05, 0.1) is 17.0 Å². The van der Waals surface area contributed by atoms with Crippen LogP contribution >= 0.6 is 0 Å². The van der Waals surface area contributed by atoms with E-state index in [-0.39, 0.29) is 31.0 Å². The number of sulfonamides is 1. The number of hydrogen-bond donors (Lipinski definition) is 2. The molecule has 1 amide bonds. The van der Waals surface area contributed by atoms with Gasteiger partial charge in [-0.05, 0) is 45.2 Å². The third-order valence-electron chi connectivity index (χ3n) is 3.98. The van der Waals surface area contributed by atoms with Crippen LogP contribution in [0, 0.1) is 20.8 Å². The van der Waals surface area contributed by atoms with Crippen molar-refractivity contribution in [1.82, 2.24) is 10.0 Å². The molecule has 0 heterocycles. The first-order valence-electron chi connectivity index (χ1n) is 8.23. The molecule has 0 aromatic heterocycles. The van der Waals surface area contributed by atoms with Crippen LogP contribution < -0.4 is 10.0 Å². The number of amides is 1. The first-order chi connectivity index (χ1) is 11.2. The van der Waals surface area contributed by atoms with E-state index < -0.39 is 10.0 Å². The Bertz CT molecular complexity index is 692. The van der Waals surface area contributed by atoms with Crippen molar-refractivity contribution in [2.45, 2.75) is 57.6 Å². The number of nitrogens with one attached hydrogen (secondary N) is 2. The van der Waals surface area contributed by atoms with Gasteiger partial charge in [-0.25, -0.2) is 13.1 Å². The Hall–Kier alpha value is -1.44. The molecule has 134 valence electrons. The molecule has 1 aromatic carbocycles. The summed E-state index contributed by atoms with van der Waals surface area (Å²) in [6.45, 7) is 8.12. The zero-order valence-electron chi connectivity index (χ0n) is 14.7. The maximum Gasteiger partial charge on any atom is 0.241 e. The van der Waals surface area contributed by atoms with Crippen molar-refractivity contribution in [1.29, 1.82) is 0 Å². The monoisotopic (exact) mass is 354 g/mol. The van der Waals surface area contributed by atoms with Crippen LogP contribution in [0.1, 0.15) is 36.5 Å². The van der Waals surface area contributed by atoms with Crippen molar-refractivity contribution in [2.75, 3.05) is 13.2 Å². The van der Waals surface area contributed by atoms with E-state index in [0.717, 1.165) is 12.0 Å². The number of ether oxygens (including phenoxy) is 1. The van der Waals surface area contributed by atoms with Gasteiger partial charge < -0.3 is 10.1 Å². The second-order valence-electron chi connectivity index (χ2n) is 6.28. The lowest BCUT2D eigenvalue weighted by atomic mass is 10.1. The summed E-state index contributed by atoms with van der Waals surface area (Å²) in [6.07, 6.45) is 1.04. The third kappa shape index (κ3) is 4.78. The smallest absolute Gasteiger partial charge is 0.241 e. The Kier molecular flexibility index (Phi) is 6.01. The quantitative estimate of drug-likeness (QED) is 0.742. The largest absolute Gasteiger partial charge is 0.376 e. The molecule has 1 fully saturated rings. The molecule has 0 radical (unpaired) electrons. The van der Waals surface area contributed by atoms with E-state index in [9.17, 15) is 13.2 Å². The molecule has 7 heteroatoms. The van der Waals surface area contributed by atoms with Crippen LogP contribution in [0.5, 0.6) is 0 Å². The first-order valence-corrected chi connectivity index (χ1v) is 9.71. The van der Waals surface area contributed by atoms with Gasteiger partial charge in [0.15, 0.2) is 0 Å². The maximum absolute atomic E-state index is 12.5. The van der Waals surface area contributed by atoms with E-state index in [1.54, 1.807) is 13.8 Å². The summed E-state index contributed by atoms with van der Waals surface area (Å²) in [5.74, 6) is -0.165. The molecule has 0 spiro atoms. The Morgan fingerprint density at radius 3 is 2.46 bits per heavy atom. The van der Waals surface area contributed by atoms with Crippen molar-refractivity contribution in [3.8, 4) is 0 Å². The fourth-order valence-electron chi connectivity index (χ4n) is 2.96. The lowest BCUT2D eigenvalue weighted by Gasteiger charge is -2.13. The van der Waals surface area contributed by atoms with E-state index in [1.165, 1.54) is 0 Å². The number of benzene rings is 1. The van der Waals surface area contributed by atoms with Crippen LogP contribution in [-0.4, -0.2) is 39.6 Å². The molecule has 2 N–H and O–H groups in total. The van der Waals surface area contributed by atoms with Gasteiger partial charge in [-0.1, -0.05) is 17.7 Å². The number of hydrogen-bond acceptors (Lipinski definition) is 4. The molecule has 2 rings (SSSR count). The van der Waals surface area contributed by atoms with Crippen LogP contribution in [-0.2, 0) is 19.6 Å². The van der Waals surface area contributed by atoms with Gasteiger partial charge in [0.2, 0.25) is 15.9 Å². The van der Waals surface area contributed by atoms with Gasteiger partial charge in [-0.15, -0.1) is 0 Å². The Morgan fingerprint density at radius 1 is 1.25 bits per heavy atom. The van der Waals surface area contributed by atoms with Crippen molar-refractivity contribution >= 4 is 15.9 Å². The number of carbonyl (C=O) groups is 1. The lowest BCUT2D eigenvalue weighted by Crippen LogP contribution is -2.33. The van der Waals surface area contributed by atoms with Crippen LogP contribution in [0.2, 0.25) is 0 Å². The maximum atomic E-state index is 12.5.